The Morgan fingerprint density at radius 2 is 2.12 bits per heavy atom. The summed E-state index contributed by atoms with van der Waals surface area (Å²) in [7, 11) is 0. The Balaban J connectivity index is 2.54. The second kappa shape index (κ2) is 4.28. The first-order valence-corrected chi connectivity index (χ1v) is 5.09. The lowest BCUT2D eigenvalue weighted by atomic mass is 10.3. The van der Waals surface area contributed by atoms with E-state index in [1.807, 2.05) is 13.8 Å². The van der Waals surface area contributed by atoms with Gasteiger partial charge in [-0.25, -0.2) is 15.0 Å². The number of aromatic nitrogens is 4. The molecule has 2 N–H and O–H groups in total. The lowest BCUT2D eigenvalue weighted by Crippen LogP contribution is -2.31. The SMILES string of the molecule is CC(C)NC(=O)c1ncnc2[nH]c(=O)cnc12. The predicted molar refractivity (Wildman–Crippen MR) is 60.6 cm³/mol. The van der Waals surface area contributed by atoms with Crippen LogP contribution in [-0.4, -0.2) is 31.9 Å². The van der Waals surface area contributed by atoms with Gasteiger partial charge in [0.25, 0.3) is 11.5 Å². The van der Waals surface area contributed by atoms with E-state index in [1.54, 1.807) is 0 Å². The smallest absolute Gasteiger partial charge is 0.272 e. The third kappa shape index (κ3) is 2.27. The van der Waals surface area contributed by atoms with Gasteiger partial charge in [-0.3, -0.25) is 9.59 Å². The minimum Gasteiger partial charge on any atom is -0.348 e. The molecule has 0 atom stereocenters. The number of H-pyrrole nitrogens is 1. The van der Waals surface area contributed by atoms with Crippen LogP contribution in [0.15, 0.2) is 17.3 Å². The van der Waals surface area contributed by atoms with Gasteiger partial charge in [-0.15, -0.1) is 0 Å². The molecule has 1 amide bonds. The normalized spacial score (nSPS) is 10.8. The number of amides is 1. The Kier molecular flexibility index (Phi) is 2.82. The lowest BCUT2D eigenvalue weighted by Gasteiger charge is -2.08. The molecule has 0 fully saturated rings. The zero-order chi connectivity index (χ0) is 12.4. The molecule has 0 aromatic carbocycles. The van der Waals surface area contributed by atoms with Crippen molar-refractivity contribution in [3.63, 3.8) is 0 Å². The maximum absolute atomic E-state index is 11.8. The topological polar surface area (TPSA) is 101 Å². The average molecular weight is 233 g/mol. The van der Waals surface area contributed by atoms with Crippen LogP contribution < -0.4 is 10.9 Å². The largest absolute Gasteiger partial charge is 0.348 e. The predicted octanol–water partition coefficient (Wildman–Crippen LogP) is -0.149. The number of fused-ring (bicyclic) bond motifs is 1. The number of carbonyl (C=O) groups is 1. The van der Waals surface area contributed by atoms with Crippen LogP contribution in [-0.2, 0) is 0 Å². The molecule has 0 aliphatic heterocycles. The van der Waals surface area contributed by atoms with Gasteiger partial charge < -0.3 is 10.3 Å². The minimum absolute atomic E-state index is 0.00437. The zero-order valence-electron chi connectivity index (χ0n) is 9.39. The number of rotatable bonds is 2. The van der Waals surface area contributed by atoms with Gasteiger partial charge in [0.05, 0.1) is 6.20 Å². The van der Waals surface area contributed by atoms with Gasteiger partial charge in [0.15, 0.2) is 11.3 Å². The van der Waals surface area contributed by atoms with Crippen molar-refractivity contribution < 1.29 is 4.79 Å². The molecule has 0 aliphatic carbocycles. The molecule has 7 heteroatoms. The Bertz CT molecular complexity index is 619. The number of aromatic amines is 1. The van der Waals surface area contributed by atoms with Crippen molar-refractivity contribution in [2.75, 3.05) is 0 Å². The van der Waals surface area contributed by atoms with Crippen LogP contribution in [0.2, 0.25) is 0 Å². The van der Waals surface area contributed by atoms with Gasteiger partial charge in [0.1, 0.15) is 11.8 Å². The van der Waals surface area contributed by atoms with E-state index in [0.717, 1.165) is 6.20 Å². The van der Waals surface area contributed by atoms with E-state index in [9.17, 15) is 9.59 Å². The molecule has 2 heterocycles. The van der Waals surface area contributed by atoms with Gasteiger partial charge in [-0.2, -0.15) is 0 Å². The standard InChI is InChI=1S/C10H11N5O2/c1-5(2)14-10(17)8-7-9(13-4-12-8)15-6(16)3-11-7/h3-5H,1-2H3,(H,14,17)(H,12,13,15,16). The van der Waals surface area contributed by atoms with Crippen LogP contribution in [0.25, 0.3) is 11.2 Å². The summed E-state index contributed by atoms with van der Waals surface area (Å²) in [5.41, 5.74) is 0.318. The van der Waals surface area contributed by atoms with E-state index in [4.69, 9.17) is 0 Å². The molecular weight excluding hydrogens is 222 g/mol. The van der Waals surface area contributed by atoms with Crippen LogP contribution in [0.3, 0.4) is 0 Å². The quantitative estimate of drug-likeness (QED) is 0.751. The third-order valence-corrected chi connectivity index (χ3v) is 2.01. The van der Waals surface area contributed by atoms with Gasteiger partial charge in [0.2, 0.25) is 0 Å². The molecule has 88 valence electrons. The van der Waals surface area contributed by atoms with Crippen LogP contribution in [0.4, 0.5) is 0 Å². The molecule has 7 nitrogen and oxygen atoms in total. The van der Waals surface area contributed by atoms with E-state index in [1.165, 1.54) is 6.33 Å². The highest BCUT2D eigenvalue weighted by molar-refractivity contribution is 6.01. The molecule has 0 saturated heterocycles. The number of hydrogen-bond acceptors (Lipinski definition) is 5. The number of nitrogens with one attached hydrogen (secondary N) is 2. The van der Waals surface area contributed by atoms with Crippen LogP contribution in [0.1, 0.15) is 24.3 Å². The van der Waals surface area contributed by atoms with Crippen molar-refractivity contribution in [2.45, 2.75) is 19.9 Å². The van der Waals surface area contributed by atoms with E-state index in [2.05, 4.69) is 25.3 Å². The van der Waals surface area contributed by atoms with Gasteiger partial charge >= 0.3 is 0 Å². The Hall–Kier alpha value is -2.31. The first-order chi connectivity index (χ1) is 8.08. The second-order valence-electron chi connectivity index (χ2n) is 3.80. The van der Waals surface area contributed by atoms with Crippen LogP contribution in [0, 0.1) is 0 Å². The molecule has 2 aromatic rings. The molecule has 0 unspecified atom stereocenters. The first-order valence-electron chi connectivity index (χ1n) is 5.09. The molecule has 2 aromatic heterocycles. The van der Waals surface area contributed by atoms with Crippen molar-refractivity contribution >= 4 is 17.1 Å². The van der Waals surface area contributed by atoms with Crippen molar-refractivity contribution in [3.05, 3.63) is 28.6 Å². The fourth-order valence-electron chi connectivity index (χ4n) is 1.36. The summed E-state index contributed by atoms with van der Waals surface area (Å²) in [6, 6.07) is -0.00437. The maximum Gasteiger partial charge on any atom is 0.272 e. The van der Waals surface area contributed by atoms with Crippen LogP contribution in [0.5, 0.6) is 0 Å². The summed E-state index contributed by atoms with van der Waals surface area (Å²) in [5.74, 6) is -0.341. The summed E-state index contributed by atoms with van der Waals surface area (Å²) in [5, 5.41) is 2.70. The Morgan fingerprint density at radius 1 is 1.35 bits per heavy atom. The molecule has 0 radical (unpaired) electrons. The van der Waals surface area contributed by atoms with E-state index >= 15 is 0 Å². The zero-order valence-corrected chi connectivity index (χ0v) is 9.39. The second-order valence-corrected chi connectivity index (χ2v) is 3.80. The van der Waals surface area contributed by atoms with Gasteiger partial charge in [0, 0.05) is 6.04 Å². The number of nitrogens with zero attached hydrogens (tertiary/aromatic N) is 3. The summed E-state index contributed by atoms with van der Waals surface area (Å²) in [6.07, 6.45) is 2.31. The highest BCUT2D eigenvalue weighted by Gasteiger charge is 2.14. The molecule has 0 saturated carbocycles. The Morgan fingerprint density at radius 3 is 2.82 bits per heavy atom. The van der Waals surface area contributed by atoms with Crippen molar-refractivity contribution in [1.82, 2.24) is 25.3 Å². The minimum atomic E-state index is -0.369. The molecule has 2 rings (SSSR count). The number of hydrogen-bond donors (Lipinski definition) is 2. The fraction of sp³-hybridized carbons (Fsp3) is 0.300. The third-order valence-electron chi connectivity index (χ3n) is 2.01. The summed E-state index contributed by atoms with van der Waals surface area (Å²) >= 11 is 0. The van der Waals surface area contributed by atoms with E-state index in [0.29, 0.717) is 0 Å². The molecule has 17 heavy (non-hydrogen) atoms. The van der Waals surface area contributed by atoms with Crippen LogP contribution >= 0.6 is 0 Å². The molecule has 0 aliphatic rings. The Labute approximate surface area is 96.3 Å². The highest BCUT2D eigenvalue weighted by atomic mass is 16.2. The summed E-state index contributed by atoms with van der Waals surface area (Å²) < 4.78 is 0. The monoisotopic (exact) mass is 233 g/mol. The van der Waals surface area contributed by atoms with Gasteiger partial charge in [-0.1, -0.05) is 0 Å². The summed E-state index contributed by atoms with van der Waals surface area (Å²) in [4.78, 5) is 37.0. The first kappa shape index (κ1) is 11.2. The lowest BCUT2D eigenvalue weighted by molar-refractivity contribution is 0.0939. The van der Waals surface area contributed by atoms with Crippen molar-refractivity contribution in [1.29, 1.82) is 0 Å². The maximum atomic E-state index is 11.8. The van der Waals surface area contributed by atoms with E-state index in [-0.39, 0.29) is 34.4 Å². The molecule has 0 spiro atoms. The van der Waals surface area contributed by atoms with E-state index < -0.39 is 0 Å². The molecule has 0 bridgehead atoms. The number of carbonyl (C=O) groups excluding carboxylic acids is 1. The molecular formula is C10H11N5O2. The summed E-state index contributed by atoms with van der Waals surface area (Å²) in [6.45, 7) is 3.69. The van der Waals surface area contributed by atoms with Crippen molar-refractivity contribution in [2.24, 2.45) is 0 Å². The highest BCUT2D eigenvalue weighted by Crippen LogP contribution is 2.07. The van der Waals surface area contributed by atoms with Gasteiger partial charge in [-0.05, 0) is 13.8 Å². The fourth-order valence-corrected chi connectivity index (χ4v) is 1.36. The average Bonchev–Trinajstić information content (AvgIpc) is 2.26. The van der Waals surface area contributed by atoms with Crippen molar-refractivity contribution in [3.8, 4) is 0 Å².